The highest BCUT2D eigenvalue weighted by Crippen LogP contribution is 2.38. The molecule has 10 heteroatoms. The number of aryl methyl sites for hydroxylation is 1. The van der Waals surface area contributed by atoms with Gasteiger partial charge in [0.15, 0.2) is 0 Å². The maximum Gasteiger partial charge on any atom is 0.256 e. The number of fused-ring (bicyclic) bond motifs is 1. The number of aliphatic hydroxyl groups is 1. The van der Waals surface area contributed by atoms with Crippen molar-refractivity contribution in [3.63, 3.8) is 0 Å². The van der Waals surface area contributed by atoms with Gasteiger partial charge < -0.3 is 21.1 Å². The van der Waals surface area contributed by atoms with Crippen LogP contribution in [0.1, 0.15) is 43.4 Å². The number of rotatable bonds is 9. The Hall–Kier alpha value is -3.63. The topological polar surface area (TPSA) is 128 Å². The van der Waals surface area contributed by atoms with Gasteiger partial charge in [0.2, 0.25) is 11.8 Å². The van der Waals surface area contributed by atoms with Crippen molar-refractivity contribution < 1.29 is 23.9 Å². The minimum absolute atomic E-state index is 0.126. The van der Waals surface area contributed by atoms with Crippen molar-refractivity contribution in [3.8, 4) is 0 Å². The Bertz CT molecular complexity index is 1280. The van der Waals surface area contributed by atoms with E-state index >= 15 is 0 Å². The Labute approximate surface area is 227 Å². The van der Waals surface area contributed by atoms with Crippen molar-refractivity contribution in [2.45, 2.75) is 57.7 Å². The zero-order valence-electron chi connectivity index (χ0n) is 22.6. The van der Waals surface area contributed by atoms with Gasteiger partial charge in [-0.3, -0.25) is 14.4 Å². The number of benzene rings is 2. The maximum absolute atomic E-state index is 14.6. The van der Waals surface area contributed by atoms with Gasteiger partial charge in [0, 0.05) is 26.6 Å². The number of hydrogen-bond donors (Lipinski definition) is 3. The highest BCUT2D eigenvalue weighted by atomic mass is 19.1. The van der Waals surface area contributed by atoms with Gasteiger partial charge in [0.05, 0.1) is 17.9 Å². The number of hydrazone groups is 1. The first-order chi connectivity index (χ1) is 18.4. The third-order valence-electron chi connectivity index (χ3n) is 7.46. The van der Waals surface area contributed by atoms with Gasteiger partial charge >= 0.3 is 0 Å². The predicted molar refractivity (Wildman–Crippen MR) is 145 cm³/mol. The van der Waals surface area contributed by atoms with Crippen LogP contribution in [0.3, 0.4) is 0 Å². The molecule has 1 fully saturated rings. The standard InChI is InChI=1S/C29H36FN5O4/c1-28(2,31)26(38)32-23(12-11-21-10-9-20(17-36)15-22(21)30)25(37)35-14-13-24-29(18-35,27(39)34(3)33-24)16-19-7-5-4-6-8-19/h4-10,15,23,36H,11-14,16-18,31H2,1-3H3,(H,32,38)/t23-,29-/m1/s1. The zero-order valence-corrected chi connectivity index (χ0v) is 22.6. The van der Waals surface area contributed by atoms with Crippen molar-refractivity contribution in [2.75, 3.05) is 20.1 Å². The van der Waals surface area contributed by atoms with Crippen molar-refractivity contribution in [3.05, 3.63) is 71.0 Å². The molecule has 39 heavy (non-hydrogen) atoms. The normalized spacial score (nSPS) is 19.9. The number of halogens is 1. The first kappa shape index (κ1) is 28.4. The van der Waals surface area contributed by atoms with E-state index in [-0.39, 0.29) is 37.8 Å². The van der Waals surface area contributed by atoms with E-state index in [1.54, 1.807) is 37.9 Å². The number of hydrogen-bond acceptors (Lipinski definition) is 6. The number of amides is 3. The van der Waals surface area contributed by atoms with E-state index in [1.807, 2.05) is 30.3 Å². The largest absolute Gasteiger partial charge is 0.392 e. The Morgan fingerprint density at radius 1 is 1.21 bits per heavy atom. The molecule has 0 aromatic heterocycles. The van der Waals surface area contributed by atoms with Crippen LogP contribution in [0.2, 0.25) is 0 Å². The molecule has 2 atom stereocenters. The Morgan fingerprint density at radius 2 is 1.92 bits per heavy atom. The molecule has 2 aromatic rings. The lowest BCUT2D eigenvalue weighted by molar-refractivity contribution is -0.142. The van der Waals surface area contributed by atoms with Gasteiger partial charge in [0.25, 0.3) is 5.91 Å². The molecule has 208 valence electrons. The molecule has 3 amide bonds. The third-order valence-corrected chi connectivity index (χ3v) is 7.46. The van der Waals surface area contributed by atoms with E-state index in [2.05, 4.69) is 10.4 Å². The van der Waals surface area contributed by atoms with Gasteiger partial charge in [-0.2, -0.15) is 5.10 Å². The van der Waals surface area contributed by atoms with Crippen LogP contribution in [0.4, 0.5) is 4.39 Å². The number of nitrogens with two attached hydrogens (primary N) is 1. The van der Waals surface area contributed by atoms with Gasteiger partial charge in [-0.25, -0.2) is 9.40 Å². The molecule has 2 heterocycles. The summed E-state index contributed by atoms with van der Waals surface area (Å²) in [7, 11) is 1.62. The predicted octanol–water partition coefficient (Wildman–Crippen LogP) is 1.76. The zero-order chi connectivity index (χ0) is 28.4. The number of carbonyl (C=O) groups is 3. The second-order valence-corrected chi connectivity index (χ2v) is 11.0. The van der Waals surface area contributed by atoms with E-state index in [4.69, 9.17) is 5.73 Å². The third kappa shape index (κ3) is 6.02. The molecule has 0 spiro atoms. The summed E-state index contributed by atoms with van der Waals surface area (Å²) in [5.41, 5.74) is 6.30. The number of nitrogens with one attached hydrogen (secondary N) is 1. The van der Waals surface area contributed by atoms with Crippen LogP contribution < -0.4 is 11.1 Å². The first-order valence-electron chi connectivity index (χ1n) is 13.1. The lowest BCUT2D eigenvalue weighted by Crippen LogP contribution is -2.60. The summed E-state index contributed by atoms with van der Waals surface area (Å²) in [6.07, 6.45) is 1.13. The number of piperidine rings is 1. The summed E-state index contributed by atoms with van der Waals surface area (Å²) in [6.45, 7) is 3.28. The second kappa shape index (κ2) is 11.2. The molecule has 0 radical (unpaired) electrons. The van der Waals surface area contributed by atoms with Crippen LogP contribution >= 0.6 is 0 Å². The van der Waals surface area contributed by atoms with E-state index in [0.717, 1.165) is 11.3 Å². The molecule has 1 saturated heterocycles. The molecule has 2 aliphatic heterocycles. The molecular formula is C29H36FN5O4. The molecule has 2 aliphatic rings. The van der Waals surface area contributed by atoms with E-state index < -0.39 is 28.7 Å². The smallest absolute Gasteiger partial charge is 0.256 e. The molecule has 0 saturated carbocycles. The Kier molecular flexibility index (Phi) is 8.17. The van der Waals surface area contributed by atoms with E-state index in [9.17, 15) is 23.9 Å². The van der Waals surface area contributed by atoms with E-state index in [1.165, 1.54) is 11.1 Å². The highest BCUT2D eigenvalue weighted by molar-refractivity contribution is 6.13. The summed E-state index contributed by atoms with van der Waals surface area (Å²) in [4.78, 5) is 41.8. The molecule has 0 unspecified atom stereocenters. The highest BCUT2D eigenvalue weighted by Gasteiger charge is 2.53. The molecule has 0 bridgehead atoms. The summed E-state index contributed by atoms with van der Waals surface area (Å²) in [5, 5.41) is 17.9. The monoisotopic (exact) mass is 537 g/mol. The van der Waals surface area contributed by atoms with Crippen LogP contribution in [0.15, 0.2) is 53.6 Å². The molecule has 0 aliphatic carbocycles. The summed E-state index contributed by atoms with van der Waals surface area (Å²) < 4.78 is 14.6. The van der Waals surface area contributed by atoms with Crippen LogP contribution in [-0.4, -0.2) is 70.2 Å². The summed E-state index contributed by atoms with van der Waals surface area (Å²) in [6, 6.07) is 13.1. The fourth-order valence-corrected chi connectivity index (χ4v) is 5.23. The Morgan fingerprint density at radius 3 is 2.56 bits per heavy atom. The van der Waals surface area contributed by atoms with Crippen molar-refractivity contribution in [1.29, 1.82) is 0 Å². The van der Waals surface area contributed by atoms with Crippen LogP contribution in [0, 0.1) is 11.2 Å². The van der Waals surface area contributed by atoms with Gasteiger partial charge in [-0.15, -0.1) is 0 Å². The Balaban J connectivity index is 1.59. The fourth-order valence-electron chi connectivity index (χ4n) is 5.23. The van der Waals surface area contributed by atoms with Crippen molar-refractivity contribution >= 4 is 23.4 Å². The van der Waals surface area contributed by atoms with Crippen LogP contribution in [0.5, 0.6) is 0 Å². The van der Waals surface area contributed by atoms with Gasteiger partial charge in [-0.05, 0) is 55.9 Å². The molecule has 4 N–H and O–H groups in total. The lowest BCUT2D eigenvalue weighted by Gasteiger charge is -2.41. The average molecular weight is 538 g/mol. The quantitative estimate of drug-likeness (QED) is 0.449. The van der Waals surface area contributed by atoms with Gasteiger partial charge in [-0.1, -0.05) is 42.5 Å². The number of aliphatic hydroxyl groups excluding tert-OH is 1. The maximum atomic E-state index is 14.6. The van der Waals surface area contributed by atoms with E-state index in [0.29, 0.717) is 30.5 Å². The van der Waals surface area contributed by atoms with Crippen LogP contribution in [-0.2, 0) is 33.8 Å². The second-order valence-electron chi connectivity index (χ2n) is 11.0. The minimum Gasteiger partial charge on any atom is -0.392 e. The summed E-state index contributed by atoms with van der Waals surface area (Å²) in [5.74, 6) is -1.52. The minimum atomic E-state index is -1.23. The SMILES string of the molecule is CN1N=C2CCN(C(=O)[C@@H](CCc3ccc(CO)cc3F)NC(=O)C(C)(C)N)C[C@@]2(Cc2ccccc2)C1=O. The van der Waals surface area contributed by atoms with Crippen molar-refractivity contribution in [2.24, 2.45) is 16.3 Å². The number of nitrogens with zero attached hydrogens (tertiary/aromatic N) is 3. The molecule has 2 aromatic carbocycles. The van der Waals surface area contributed by atoms with Crippen LogP contribution in [0.25, 0.3) is 0 Å². The number of carbonyl (C=O) groups excluding carboxylic acids is 3. The molecule has 4 rings (SSSR count). The molecular weight excluding hydrogens is 501 g/mol. The number of likely N-dealkylation sites (tertiary alicyclic amines) is 1. The van der Waals surface area contributed by atoms with Crippen molar-refractivity contribution in [1.82, 2.24) is 15.2 Å². The average Bonchev–Trinajstić information content (AvgIpc) is 3.15. The van der Waals surface area contributed by atoms with Gasteiger partial charge in [0.1, 0.15) is 17.3 Å². The summed E-state index contributed by atoms with van der Waals surface area (Å²) >= 11 is 0. The first-order valence-corrected chi connectivity index (χ1v) is 13.1. The lowest BCUT2D eigenvalue weighted by atomic mass is 9.73. The fraction of sp³-hybridized carbons (Fsp3) is 0.448. The molecule has 9 nitrogen and oxygen atoms in total.